The molecule has 190 valence electrons. The van der Waals surface area contributed by atoms with Crippen LogP contribution in [0.4, 0.5) is 0 Å². The number of para-hydroxylation sites is 1. The summed E-state index contributed by atoms with van der Waals surface area (Å²) in [5.41, 5.74) is 2.38. The Kier molecular flexibility index (Phi) is 7.92. The molecule has 4 rings (SSSR count). The van der Waals surface area contributed by atoms with Gasteiger partial charge in [-0.1, -0.05) is 58.2 Å². The van der Waals surface area contributed by atoms with Gasteiger partial charge < -0.3 is 9.47 Å². The summed E-state index contributed by atoms with van der Waals surface area (Å²) in [6.07, 6.45) is 9.76. The molecule has 0 amide bonds. The number of rotatable bonds is 8. The number of aromatic nitrogens is 2. The number of allylic oxidation sites excluding steroid dienone is 1. The van der Waals surface area contributed by atoms with Gasteiger partial charge in [-0.3, -0.25) is 4.79 Å². The van der Waals surface area contributed by atoms with E-state index in [1.165, 1.54) is 11.1 Å². The maximum absolute atomic E-state index is 13.5. The maximum atomic E-state index is 13.5. The number of nitrogens with zero attached hydrogens (tertiary/aromatic N) is 3. The van der Waals surface area contributed by atoms with E-state index in [1.807, 2.05) is 42.5 Å². The van der Waals surface area contributed by atoms with Crippen LogP contribution in [0.25, 0.3) is 10.9 Å². The standard InChI is InChI=1S/C30H37N3O3/c1-6-12-23-17-21(18-26(35-5)27(23)36-20-30(2,3)4)19-31-33-28(22-13-8-7-9-14-22)32-25-16-11-10-15-24(25)29(33)34/h6,10-11,15-19,22H,1,7-9,12-14,20H2,2-5H3. The molecule has 1 saturated carbocycles. The van der Waals surface area contributed by atoms with Gasteiger partial charge in [-0.15, -0.1) is 6.58 Å². The van der Waals surface area contributed by atoms with E-state index >= 15 is 0 Å². The van der Waals surface area contributed by atoms with Crippen molar-refractivity contribution in [2.24, 2.45) is 10.5 Å². The molecule has 0 spiro atoms. The lowest BCUT2D eigenvalue weighted by Gasteiger charge is -2.23. The third kappa shape index (κ3) is 5.86. The lowest BCUT2D eigenvalue weighted by Crippen LogP contribution is -2.25. The topological polar surface area (TPSA) is 65.7 Å². The summed E-state index contributed by atoms with van der Waals surface area (Å²) in [4.78, 5) is 18.4. The third-order valence-electron chi connectivity index (χ3n) is 6.46. The van der Waals surface area contributed by atoms with Crippen molar-refractivity contribution in [1.82, 2.24) is 9.66 Å². The second-order valence-electron chi connectivity index (χ2n) is 10.7. The molecule has 0 atom stereocenters. The minimum Gasteiger partial charge on any atom is -0.493 e. The summed E-state index contributed by atoms with van der Waals surface area (Å²) in [6, 6.07) is 11.4. The van der Waals surface area contributed by atoms with E-state index in [-0.39, 0.29) is 16.9 Å². The highest BCUT2D eigenvalue weighted by molar-refractivity contribution is 5.82. The van der Waals surface area contributed by atoms with Gasteiger partial charge in [-0.2, -0.15) is 9.78 Å². The van der Waals surface area contributed by atoms with Crippen LogP contribution in [-0.4, -0.2) is 29.6 Å². The first kappa shape index (κ1) is 25.7. The molecule has 0 aliphatic heterocycles. The Labute approximate surface area is 213 Å². The maximum Gasteiger partial charge on any atom is 0.282 e. The molecule has 0 unspecified atom stereocenters. The summed E-state index contributed by atoms with van der Waals surface area (Å²) in [5.74, 6) is 2.33. The monoisotopic (exact) mass is 487 g/mol. The molecule has 36 heavy (non-hydrogen) atoms. The minimum absolute atomic E-state index is 0.0103. The fraction of sp³-hybridized carbons (Fsp3) is 0.433. The Morgan fingerprint density at radius 2 is 1.92 bits per heavy atom. The zero-order valence-electron chi connectivity index (χ0n) is 21.9. The summed E-state index contributed by atoms with van der Waals surface area (Å²) in [6.45, 7) is 10.9. The molecule has 0 radical (unpaired) electrons. The smallest absolute Gasteiger partial charge is 0.282 e. The van der Waals surface area contributed by atoms with Gasteiger partial charge in [0.05, 0.1) is 30.8 Å². The lowest BCUT2D eigenvalue weighted by molar-refractivity contribution is 0.190. The predicted molar refractivity (Wildman–Crippen MR) is 147 cm³/mol. The molecule has 1 aromatic heterocycles. The lowest BCUT2D eigenvalue weighted by atomic mass is 9.88. The van der Waals surface area contributed by atoms with Gasteiger partial charge in [-0.05, 0) is 54.5 Å². The second kappa shape index (κ2) is 11.1. The van der Waals surface area contributed by atoms with Crippen LogP contribution in [0.2, 0.25) is 0 Å². The Balaban J connectivity index is 1.78. The molecule has 6 nitrogen and oxygen atoms in total. The Morgan fingerprint density at radius 1 is 1.17 bits per heavy atom. The van der Waals surface area contributed by atoms with Crippen LogP contribution in [0.15, 0.2) is 58.9 Å². The number of benzene rings is 2. The summed E-state index contributed by atoms with van der Waals surface area (Å²) in [7, 11) is 1.64. The number of ether oxygens (including phenoxy) is 2. The number of hydrogen-bond donors (Lipinski definition) is 0. The van der Waals surface area contributed by atoms with Crippen LogP contribution in [0.1, 0.15) is 75.7 Å². The molecule has 0 N–H and O–H groups in total. The molecular formula is C30H37N3O3. The highest BCUT2D eigenvalue weighted by atomic mass is 16.5. The summed E-state index contributed by atoms with van der Waals surface area (Å²) < 4.78 is 13.4. The average molecular weight is 488 g/mol. The van der Waals surface area contributed by atoms with Gasteiger partial charge in [0, 0.05) is 11.5 Å². The van der Waals surface area contributed by atoms with Gasteiger partial charge in [0.15, 0.2) is 11.5 Å². The van der Waals surface area contributed by atoms with E-state index in [2.05, 4.69) is 32.5 Å². The van der Waals surface area contributed by atoms with Crippen molar-refractivity contribution < 1.29 is 9.47 Å². The fourth-order valence-electron chi connectivity index (χ4n) is 4.67. The number of hydrogen-bond acceptors (Lipinski definition) is 5. The fourth-order valence-corrected chi connectivity index (χ4v) is 4.67. The minimum atomic E-state index is -0.138. The van der Waals surface area contributed by atoms with E-state index in [1.54, 1.807) is 13.3 Å². The van der Waals surface area contributed by atoms with Crippen molar-refractivity contribution in [1.29, 1.82) is 0 Å². The van der Waals surface area contributed by atoms with Crippen LogP contribution in [-0.2, 0) is 6.42 Å². The normalized spacial score (nSPS) is 14.9. The van der Waals surface area contributed by atoms with E-state index < -0.39 is 0 Å². The van der Waals surface area contributed by atoms with Crippen LogP contribution in [0.5, 0.6) is 11.5 Å². The van der Waals surface area contributed by atoms with E-state index in [0.29, 0.717) is 24.2 Å². The van der Waals surface area contributed by atoms with Gasteiger partial charge in [0.25, 0.3) is 5.56 Å². The highest BCUT2D eigenvalue weighted by Gasteiger charge is 2.22. The van der Waals surface area contributed by atoms with Gasteiger partial charge in [0.2, 0.25) is 0 Å². The molecular weight excluding hydrogens is 450 g/mol. The van der Waals surface area contributed by atoms with Crippen LogP contribution < -0.4 is 15.0 Å². The Morgan fingerprint density at radius 3 is 2.61 bits per heavy atom. The molecule has 1 heterocycles. The number of fused-ring (bicyclic) bond motifs is 1. The first-order valence-corrected chi connectivity index (χ1v) is 12.8. The summed E-state index contributed by atoms with van der Waals surface area (Å²) >= 11 is 0. The molecule has 6 heteroatoms. The molecule has 0 bridgehead atoms. The first-order chi connectivity index (χ1) is 17.3. The average Bonchev–Trinajstić information content (AvgIpc) is 2.87. The third-order valence-corrected chi connectivity index (χ3v) is 6.46. The Bertz CT molecular complexity index is 1310. The van der Waals surface area contributed by atoms with E-state index in [0.717, 1.165) is 53.9 Å². The van der Waals surface area contributed by atoms with Crippen LogP contribution >= 0.6 is 0 Å². The van der Waals surface area contributed by atoms with Crippen molar-refractivity contribution in [3.63, 3.8) is 0 Å². The molecule has 1 fully saturated rings. The molecule has 3 aromatic rings. The van der Waals surface area contributed by atoms with Gasteiger partial charge in [-0.25, -0.2) is 4.98 Å². The quantitative estimate of drug-likeness (QED) is 0.269. The first-order valence-electron chi connectivity index (χ1n) is 12.8. The van der Waals surface area contributed by atoms with Gasteiger partial charge in [0.1, 0.15) is 5.82 Å². The van der Waals surface area contributed by atoms with Crippen molar-refractivity contribution in [2.45, 2.75) is 65.2 Å². The molecule has 2 aromatic carbocycles. The van der Waals surface area contributed by atoms with Crippen LogP contribution in [0.3, 0.4) is 0 Å². The van der Waals surface area contributed by atoms with Crippen molar-refractivity contribution in [3.8, 4) is 11.5 Å². The molecule has 0 saturated heterocycles. The van der Waals surface area contributed by atoms with E-state index in [4.69, 9.17) is 14.5 Å². The zero-order valence-corrected chi connectivity index (χ0v) is 21.9. The molecule has 1 aliphatic carbocycles. The molecule has 1 aliphatic rings. The Hall–Kier alpha value is -3.41. The van der Waals surface area contributed by atoms with Crippen molar-refractivity contribution >= 4 is 17.1 Å². The van der Waals surface area contributed by atoms with Gasteiger partial charge >= 0.3 is 0 Å². The second-order valence-corrected chi connectivity index (χ2v) is 10.7. The SMILES string of the molecule is C=CCc1cc(C=Nn2c(C3CCCCC3)nc3ccccc3c2=O)cc(OC)c1OCC(C)(C)C. The van der Waals surface area contributed by atoms with Crippen LogP contribution in [0, 0.1) is 5.41 Å². The predicted octanol–water partition coefficient (Wildman–Crippen LogP) is 6.49. The number of methoxy groups -OCH3 is 1. The highest BCUT2D eigenvalue weighted by Crippen LogP contribution is 2.35. The summed E-state index contributed by atoms with van der Waals surface area (Å²) in [5, 5.41) is 5.26. The van der Waals surface area contributed by atoms with E-state index in [9.17, 15) is 4.79 Å². The zero-order chi connectivity index (χ0) is 25.7. The largest absolute Gasteiger partial charge is 0.493 e. The van der Waals surface area contributed by atoms with Crippen molar-refractivity contribution in [2.75, 3.05) is 13.7 Å². The van der Waals surface area contributed by atoms with Crippen molar-refractivity contribution in [3.05, 3.63) is 76.4 Å².